The number of aromatic nitrogens is 2. The maximum Gasteiger partial charge on any atom is 0.291 e. The number of benzene rings is 2. The zero-order chi connectivity index (χ0) is 18.8. The number of hydrogen-bond acceptors (Lipinski definition) is 4. The van der Waals surface area contributed by atoms with Crippen molar-refractivity contribution in [2.75, 3.05) is 5.32 Å². The lowest BCUT2D eigenvalue weighted by molar-refractivity contribution is 0.0998. The number of nitrogens with one attached hydrogen (secondary N) is 1. The van der Waals surface area contributed by atoms with Crippen LogP contribution in [0.25, 0.3) is 11.0 Å². The molecule has 1 N–H and O–H groups in total. The Morgan fingerprint density at radius 2 is 2.00 bits per heavy atom. The Bertz CT molecular complexity index is 1100. The molecule has 0 saturated carbocycles. The molecule has 5 nitrogen and oxygen atoms in total. The van der Waals surface area contributed by atoms with Crippen LogP contribution in [0.4, 0.5) is 5.69 Å². The molecule has 0 fully saturated rings. The van der Waals surface area contributed by atoms with E-state index in [1.165, 1.54) is 0 Å². The molecule has 2 aromatic carbocycles. The highest BCUT2D eigenvalue weighted by atomic mass is 35.5. The molecule has 0 aliphatic heterocycles. The minimum absolute atomic E-state index is 0.286. The molecule has 0 unspecified atom stereocenters. The van der Waals surface area contributed by atoms with Crippen LogP contribution in [-0.4, -0.2) is 15.7 Å². The smallest absolute Gasteiger partial charge is 0.291 e. The summed E-state index contributed by atoms with van der Waals surface area (Å²) in [6, 6.07) is 15.3. The Labute approximate surface area is 165 Å². The monoisotopic (exact) mass is 397 g/mol. The van der Waals surface area contributed by atoms with Gasteiger partial charge in [0.2, 0.25) is 0 Å². The van der Waals surface area contributed by atoms with Gasteiger partial charge in [0.15, 0.2) is 5.76 Å². The van der Waals surface area contributed by atoms with E-state index in [0.717, 1.165) is 15.8 Å². The molecule has 0 saturated heterocycles. The first-order valence-corrected chi connectivity index (χ1v) is 9.65. The van der Waals surface area contributed by atoms with Crippen molar-refractivity contribution in [1.82, 2.24) is 9.78 Å². The fourth-order valence-corrected chi connectivity index (χ4v) is 3.84. The number of hydrogen-bond donors (Lipinski definition) is 1. The molecule has 0 aliphatic carbocycles. The maximum absolute atomic E-state index is 12.8. The number of para-hydroxylation sites is 1. The van der Waals surface area contributed by atoms with Gasteiger partial charge in [-0.15, -0.1) is 11.8 Å². The summed E-state index contributed by atoms with van der Waals surface area (Å²) in [6.45, 7) is 0. The fraction of sp³-hybridized carbons (Fsp3) is 0.100. The highest BCUT2D eigenvalue weighted by molar-refractivity contribution is 7.98. The van der Waals surface area contributed by atoms with Crippen molar-refractivity contribution in [2.24, 2.45) is 7.05 Å². The first kappa shape index (κ1) is 17.7. The van der Waals surface area contributed by atoms with Gasteiger partial charge in [0.1, 0.15) is 5.58 Å². The van der Waals surface area contributed by atoms with Crippen LogP contribution in [0, 0.1) is 0 Å². The van der Waals surface area contributed by atoms with Gasteiger partial charge >= 0.3 is 0 Å². The number of furan rings is 1. The van der Waals surface area contributed by atoms with E-state index >= 15 is 0 Å². The predicted octanol–water partition coefficient (Wildman–Crippen LogP) is 5.36. The lowest BCUT2D eigenvalue weighted by Gasteiger charge is -2.04. The number of amides is 1. The van der Waals surface area contributed by atoms with Crippen LogP contribution in [0.5, 0.6) is 0 Å². The van der Waals surface area contributed by atoms with Crippen LogP contribution in [0.3, 0.4) is 0 Å². The molecule has 27 heavy (non-hydrogen) atoms. The largest absolute Gasteiger partial charge is 0.451 e. The first-order valence-electron chi connectivity index (χ1n) is 8.29. The molecule has 4 rings (SSSR count). The molecule has 0 bridgehead atoms. The Morgan fingerprint density at radius 3 is 2.74 bits per heavy atom. The SMILES string of the molecule is Cn1cc(NC(=O)c2oc3ccccc3c2CSc2ccc(Cl)cc2)cn1. The van der Waals surface area contributed by atoms with Crippen LogP contribution in [0.15, 0.2) is 70.2 Å². The Morgan fingerprint density at radius 1 is 1.22 bits per heavy atom. The second-order valence-electron chi connectivity index (χ2n) is 6.01. The van der Waals surface area contributed by atoms with Gasteiger partial charge in [-0.05, 0) is 30.3 Å². The third kappa shape index (κ3) is 3.86. The van der Waals surface area contributed by atoms with Crippen LogP contribution < -0.4 is 5.32 Å². The predicted molar refractivity (Wildman–Crippen MR) is 108 cm³/mol. The fourth-order valence-electron chi connectivity index (χ4n) is 2.79. The minimum atomic E-state index is -0.286. The summed E-state index contributed by atoms with van der Waals surface area (Å²) < 4.78 is 7.50. The number of halogens is 1. The minimum Gasteiger partial charge on any atom is -0.451 e. The van der Waals surface area contributed by atoms with E-state index in [4.69, 9.17) is 16.0 Å². The van der Waals surface area contributed by atoms with Crippen molar-refractivity contribution in [3.05, 3.63) is 77.3 Å². The second kappa shape index (κ2) is 7.50. The van der Waals surface area contributed by atoms with Crippen molar-refractivity contribution in [3.8, 4) is 0 Å². The van der Waals surface area contributed by atoms with Gasteiger partial charge < -0.3 is 9.73 Å². The number of carbonyl (C=O) groups is 1. The van der Waals surface area contributed by atoms with Gasteiger partial charge in [-0.3, -0.25) is 9.48 Å². The molecule has 7 heteroatoms. The van der Waals surface area contributed by atoms with Gasteiger partial charge in [0.25, 0.3) is 5.91 Å². The van der Waals surface area contributed by atoms with Gasteiger partial charge in [0.05, 0.1) is 11.9 Å². The normalized spacial score (nSPS) is 11.0. The summed E-state index contributed by atoms with van der Waals surface area (Å²) in [4.78, 5) is 13.9. The van der Waals surface area contributed by atoms with Crippen LogP contribution in [0.2, 0.25) is 5.02 Å². The Kier molecular flexibility index (Phi) is 4.92. The van der Waals surface area contributed by atoms with Crippen molar-refractivity contribution < 1.29 is 9.21 Å². The second-order valence-corrected chi connectivity index (χ2v) is 7.49. The number of nitrogens with zero attached hydrogens (tertiary/aromatic N) is 2. The molecule has 0 aliphatic rings. The molecule has 1 amide bonds. The number of fused-ring (bicyclic) bond motifs is 1. The third-order valence-electron chi connectivity index (χ3n) is 4.06. The van der Waals surface area contributed by atoms with Crippen molar-refractivity contribution in [1.29, 1.82) is 0 Å². The lowest BCUT2D eigenvalue weighted by Crippen LogP contribution is -2.12. The molecular formula is C20H16ClN3O2S. The molecule has 2 aromatic heterocycles. The standard InChI is InChI=1S/C20H16ClN3O2S/c1-24-11-14(10-22-24)23-20(25)19-17(16-4-2-3-5-18(16)26-19)12-27-15-8-6-13(21)7-9-15/h2-11H,12H2,1H3,(H,23,25). The highest BCUT2D eigenvalue weighted by Crippen LogP contribution is 2.32. The van der Waals surface area contributed by atoms with E-state index in [2.05, 4.69) is 10.4 Å². The van der Waals surface area contributed by atoms with Crippen LogP contribution in [-0.2, 0) is 12.8 Å². The third-order valence-corrected chi connectivity index (χ3v) is 5.35. The van der Waals surface area contributed by atoms with Gasteiger partial charge in [0, 0.05) is 39.9 Å². The highest BCUT2D eigenvalue weighted by Gasteiger charge is 2.21. The molecule has 0 spiro atoms. The van der Waals surface area contributed by atoms with Gasteiger partial charge in [-0.2, -0.15) is 5.10 Å². The molecule has 0 radical (unpaired) electrons. The van der Waals surface area contributed by atoms with Crippen molar-refractivity contribution in [3.63, 3.8) is 0 Å². The quantitative estimate of drug-likeness (QED) is 0.460. The van der Waals surface area contributed by atoms with Crippen LogP contribution in [0.1, 0.15) is 16.1 Å². The molecule has 2 heterocycles. The molecule has 0 atom stereocenters. The molecule has 4 aromatic rings. The average molecular weight is 398 g/mol. The first-order chi connectivity index (χ1) is 13.1. The van der Waals surface area contributed by atoms with Crippen LogP contribution >= 0.6 is 23.4 Å². The van der Waals surface area contributed by atoms with E-state index < -0.39 is 0 Å². The van der Waals surface area contributed by atoms with Gasteiger partial charge in [-0.1, -0.05) is 29.8 Å². The number of carbonyl (C=O) groups excluding carboxylic acids is 1. The summed E-state index contributed by atoms with van der Waals surface area (Å²) in [6.07, 6.45) is 3.34. The molecular weight excluding hydrogens is 382 g/mol. The Hall–Kier alpha value is -2.70. The van der Waals surface area contributed by atoms with E-state index in [9.17, 15) is 4.79 Å². The lowest BCUT2D eigenvalue weighted by atomic mass is 10.1. The summed E-state index contributed by atoms with van der Waals surface area (Å²) in [5, 5.41) is 8.55. The van der Waals surface area contributed by atoms with E-state index in [1.807, 2.05) is 48.5 Å². The summed E-state index contributed by atoms with van der Waals surface area (Å²) in [7, 11) is 1.80. The van der Waals surface area contributed by atoms with E-state index in [0.29, 0.717) is 27.8 Å². The van der Waals surface area contributed by atoms with E-state index in [-0.39, 0.29) is 5.91 Å². The number of aryl methyl sites for hydroxylation is 1. The topological polar surface area (TPSA) is 60.1 Å². The number of rotatable bonds is 5. The molecule has 136 valence electrons. The van der Waals surface area contributed by atoms with Crippen molar-refractivity contribution >= 4 is 45.9 Å². The van der Waals surface area contributed by atoms with Gasteiger partial charge in [-0.25, -0.2) is 0 Å². The van der Waals surface area contributed by atoms with E-state index in [1.54, 1.807) is 35.9 Å². The number of anilines is 1. The summed E-state index contributed by atoms with van der Waals surface area (Å²) in [5.41, 5.74) is 2.19. The maximum atomic E-state index is 12.8. The summed E-state index contributed by atoms with van der Waals surface area (Å²) >= 11 is 7.58. The average Bonchev–Trinajstić information content (AvgIpc) is 3.24. The zero-order valence-corrected chi connectivity index (χ0v) is 16.1. The Balaban J connectivity index is 1.64. The number of thioether (sulfide) groups is 1. The summed E-state index contributed by atoms with van der Waals surface area (Å²) in [5.74, 6) is 0.640. The van der Waals surface area contributed by atoms with Crippen molar-refractivity contribution in [2.45, 2.75) is 10.6 Å². The zero-order valence-electron chi connectivity index (χ0n) is 14.5.